The van der Waals surface area contributed by atoms with Crippen LogP contribution in [0, 0.1) is 11.3 Å². The predicted octanol–water partition coefficient (Wildman–Crippen LogP) is 1.38. The van der Waals surface area contributed by atoms with Crippen LogP contribution in [0.25, 0.3) is 0 Å². The first-order chi connectivity index (χ1) is 10.6. The molecule has 0 saturated carbocycles. The monoisotopic (exact) mass is 293 g/mol. The summed E-state index contributed by atoms with van der Waals surface area (Å²) in [4.78, 5) is 23.7. The maximum atomic E-state index is 12.1. The highest BCUT2D eigenvalue weighted by Crippen LogP contribution is 2.06. The molecule has 1 atom stereocenters. The highest BCUT2D eigenvalue weighted by Gasteiger charge is 2.19. The number of carbonyl (C=O) groups excluding carboxylic acids is 2. The molecule has 22 heavy (non-hydrogen) atoms. The van der Waals surface area contributed by atoms with Gasteiger partial charge in [-0.1, -0.05) is 30.3 Å². The van der Waals surface area contributed by atoms with Crippen molar-refractivity contribution in [2.24, 2.45) is 5.73 Å². The molecule has 0 unspecified atom stereocenters. The molecule has 0 aliphatic carbocycles. The van der Waals surface area contributed by atoms with Gasteiger partial charge in [-0.3, -0.25) is 9.59 Å². The van der Waals surface area contributed by atoms with E-state index in [2.05, 4.69) is 5.32 Å². The Morgan fingerprint density at radius 3 is 2.27 bits per heavy atom. The van der Waals surface area contributed by atoms with E-state index in [0.29, 0.717) is 17.5 Å². The molecule has 0 aliphatic rings. The number of primary amides is 1. The van der Waals surface area contributed by atoms with Crippen LogP contribution >= 0.6 is 0 Å². The highest BCUT2D eigenvalue weighted by molar-refractivity contribution is 5.97. The van der Waals surface area contributed by atoms with Crippen LogP contribution in [0.5, 0.6) is 0 Å². The van der Waals surface area contributed by atoms with E-state index in [0.717, 1.165) is 5.56 Å². The van der Waals surface area contributed by atoms with E-state index in [4.69, 9.17) is 11.0 Å². The van der Waals surface area contributed by atoms with Crippen LogP contribution in [0.1, 0.15) is 21.5 Å². The largest absolute Gasteiger partial charge is 0.368 e. The maximum absolute atomic E-state index is 12.1. The van der Waals surface area contributed by atoms with Gasteiger partial charge in [-0.15, -0.1) is 0 Å². The molecule has 0 spiro atoms. The molecule has 5 heteroatoms. The minimum absolute atomic E-state index is 0.332. The van der Waals surface area contributed by atoms with Gasteiger partial charge in [0, 0.05) is 12.0 Å². The topological polar surface area (TPSA) is 96.0 Å². The number of nitrogens with one attached hydrogen (secondary N) is 1. The Kier molecular flexibility index (Phi) is 4.89. The molecule has 2 amide bonds. The van der Waals surface area contributed by atoms with Gasteiger partial charge < -0.3 is 11.1 Å². The van der Waals surface area contributed by atoms with Gasteiger partial charge in [-0.2, -0.15) is 5.26 Å². The molecule has 0 radical (unpaired) electrons. The number of nitrogens with two attached hydrogens (primary N) is 1. The van der Waals surface area contributed by atoms with Crippen molar-refractivity contribution in [3.63, 3.8) is 0 Å². The summed E-state index contributed by atoms with van der Waals surface area (Å²) in [6, 6.07) is 16.7. The molecule has 2 aromatic rings. The van der Waals surface area contributed by atoms with Crippen LogP contribution in [-0.2, 0) is 11.2 Å². The molecule has 0 saturated heterocycles. The average Bonchev–Trinajstić information content (AvgIpc) is 2.55. The summed E-state index contributed by atoms with van der Waals surface area (Å²) in [5, 5.41) is 11.4. The first kappa shape index (κ1) is 15.3. The molecular formula is C17H15N3O2. The lowest BCUT2D eigenvalue weighted by atomic mass is 10.0. The number of rotatable bonds is 5. The zero-order valence-corrected chi connectivity index (χ0v) is 11.8. The number of carbonyl (C=O) groups is 2. The molecule has 2 rings (SSSR count). The fourth-order valence-electron chi connectivity index (χ4n) is 2.01. The van der Waals surface area contributed by atoms with E-state index < -0.39 is 17.9 Å². The van der Waals surface area contributed by atoms with Gasteiger partial charge in [0.15, 0.2) is 0 Å². The molecule has 0 fully saturated rings. The van der Waals surface area contributed by atoms with Crippen LogP contribution < -0.4 is 11.1 Å². The predicted molar refractivity (Wildman–Crippen MR) is 81.8 cm³/mol. The van der Waals surface area contributed by atoms with Crippen LogP contribution in [0.3, 0.4) is 0 Å². The van der Waals surface area contributed by atoms with Gasteiger partial charge in [0.2, 0.25) is 5.91 Å². The third kappa shape index (κ3) is 3.93. The molecule has 0 aromatic heterocycles. The van der Waals surface area contributed by atoms with Gasteiger partial charge in [0.05, 0.1) is 11.6 Å². The quantitative estimate of drug-likeness (QED) is 0.871. The average molecular weight is 293 g/mol. The molecular weight excluding hydrogens is 278 g/mol. The number of hydrogen-bond donors (Lipinski definition) is 2. The van der Waals surface area contributed by atoms with Gasteiger partial charge >= 0.3 is 0 Å². The number of amides is 2. The molecule has 0 bridgehead atoms. The van der Waals surface area contributed by atoms with Gasteiger partial charge in [-0.05, 0) is 29.8 Å². The van der Waals surface area contributed by atoms with E-state index in [1.54, 1.807) is 12.1 Å². The third-order valence-corrected chi connectivity index (χ3v) is 3.21. The van der Waals surface area contributed by atoms with E-state index in [9.17, 15) is 9.59 Å². The second-order valence-electron chi connectivity index (χ2n) is 4.81. The maximum Gasteiger partial charge on any atom is 0.251 e. The summed E-state index contributed by atoms with van der Waals surface area (Å²) >= 11 is 0. The van der Waals surface area contributed by atoms with E-state index in [-0.39, 0.29) is 0 Å². The van der Waals surface area contributed by atoms with E-state index in [1.165, 1.54) is 12.1 Å². The number of hydrogen-bond acceptors (Lipinski definition) is 3. The summed E-state index contributed by atoms with van der Waals surface area (Å²) in [5.74, 6) is -0.991. The third-order valence-electron chi connectivity index (χ3n) is 3.21. The number of nitrogens with zero attached hydrogens (tertiary/aromatic N) is 1. The van der Waals surface area contributed by atoms with Crippen molar-refractivity contribution < 1.29 is 9.59 Å². The van der Waals surface area contributed by atoms with Crippen molar-refractivity contribution >= 4 is 11.8 Å². The first-order valence-corrected chi connectivity index (χ1v) is 6.74. The molecule has 2 aromatic carbocycles. The second kappa shape index (κ2) is 7.04. The Morgan fingerprint density at radius 1 is 1.09 bits per heavy atom. The van der Waals surface area contributed by atoms with Gasteiger partial charge in [-0.25, -0.2) is 0 Å². The molecule has 110 valence electrons. The minimum Gasteiger partial charge on any atom is -0.368 e. The fraction of sp³-hybridized carbons (Fsp3) is 0.118. The smallest absolute Gasteiger partial charge is 0.251 e. The normalized spacial score (nSPS) is 11.2. The van der Waals surface area contributed by atoms with Crippen LogP contribution in [0.4, 0.5) is 0 Å². The lowest BCUT2D eigenvalue weighted by Gasteiger charge is -2.15. The Bertz CT molecular complexity index is 703. The Balaban J connectivity index is 2.08. The minimum atomic E-state index is -0.787. The lowest BCUT2D eigenvalue weighted by molar-refractivity contribution is -0.119. The summed E-state index contributed by atoms with van der Waals surface area (Å²) in [7, 11) is 0. The zero-order chi connectivity index (χ0) is 15.9. The standard InChI is InChI=1S/C17H15N3O2/c18-11-13-6-8-14(9-7-13)17(22)20-15(16(19)21)10-12-4-2-1-3-5-12/h1-9,15H,10H2,(H2,19,21)(H,20,22)/t15-/m1/s1. The van der Waals surface area contributed by atoms with Crippen LogP contribution in [0.15, 0.2) is 54.6 Å². The van der Waals surface area contributed by atoms with Crippen molar-refractivity contribution in [1.82, 2.24) is 5.32 Å². The molecule has 0 heterocycles. The zero-order valence-electron chi connectivity index (χ0n) is 11.8. The van der Waals surface area contributed by atoms with Crippen molar-refractivity contribution in [3.05, 3.63) is 71.3 Å². The summed E-state index contributed by atoms with van der Waals surface area (Å²) < 4.78 is 0. The summed E-state index contributed by atoms with van der Waals surface area (Å²) in [6.45, 7) is 0. The Hall–Kier alpha value is -3.13. The lowest BCUT2D eigenvalue weighted by Crippen LogP contribution is -2.45. The fourth-order valence-corrected chi connectivity index (χ4v) is 2.01. The van der Waals surface area contributed by atoms with Crippen molar-refractivity contribution in [1.29, 1.82) is 5.26 Å². The van der Waals surface area contributed by atoms with Crippen molar-refractivity contribution in [2.75, 3.05) is 0 Å². The second-order valence-corrected chi connectivity index (χ2v) is 4.81. The van der Waals surface area contributed by atoms with E-state index in [1.807, 2.05) is 36.4 Å². The number of benzene rings is 2. The molecule has 3 N–H and O–H groups in total. The summed E-state index contributed by atoms with van der Waals surface area (Å²) in [6.07, 6.45) is 0.332. The van der Waals surface area contributed by atoms with Crippen molar-refractivity contribution in [2.45, 2.75) is 12.5 Å². The van der Waals surface area contributed by atoms with Crippen LogP contribution in [-0.4, -0.2) is 17.9 Å². The SMILES string of the molecule is N#Cc1ccc(C(=O)N[C@H](Cc2ccccc2)C(N)=O)cc1. The summed E-state index contributed by atoms with van der Waals surface area (Å²) in [5.41, 5.74) is 7.11. The Labute approximate surface area is 128 Å². The van der Waals surface area contributed by atoms with Crippen LogP contribution in [0.2, 0.25) is 0 Å². The van der Waals surface area contributed by atoms with Gasteiger partial charge in [0.25, 0.3) is 5.91 Å². The van der Waals surface area contributed by atoms with E-state index >= 15 is 0 Å². The molecule has 5 nitrogen and oxygen atoms in total. The first-order valence-electron chi connectivity index (χ1n) is 6.74. The van der Waals surface area contributed by atoms with Crippen molar-refractivity contribution in [3.8, 4) is 6.07 Å². The number of nitriles is 1. The molecule has 0 aliphatic heterocycles. The van der Waals surface area contributed by atoms with Gasteiger partial charge in [0.1, 0.15) is 6.04 Å². The Morgan fingerprint density at radius 2 is 1.73 bits per heavy atom. The highest BCUT2D eigenvalue weighted by atomic mass is 16.2.